The van der Waals surface area contributed by atoms with E-state index in [1.54, 1.807) is 11.9 Å². The standard InChI is InChI=1S/C8H15N5O/c1-12(2)4-5-13(3)8(14)7-6-9-11-10-7/h6H,4-5H2,1-3H3,(H,9,10,11). The lowest BCUT2D eigenvalue weighted by Crippen LogP contribution is -2.33. The Morgan fingerprint density at radius 2 is 2.14 bits per heavy atom. The molecule has 0 saturated heterocycles. The number of nitrogens with zero attached hydrogens (tertiary/aromatic N) is 4. The minimum atomic E-state index is -0.111. The lowest BCUT2D eigenvalue weighted by molar-refractivity contribution is 0.0780. The zero-order valence-electron chi connectivity index (χ0n) is 8.69. The Labute approximate surface area is 82.9 Å². The first-order valence-electron chi connectivity index (χ1n) is 4.37. The van der Waals surface area contributed by atoms with Crippen molar-refractivity contribution in [1.29, 1.82) is 0 Å². The second kappa shape index (κ2) is 4.71. The Morgan fingerprint density at radius 3 is 2.64 bits per heavy atom. The maximum atomic E-state index is 11.6. The number of carbonyl (C=O) groups is 1. The number of likely N-dealkylation sites (N-methyl/N-ethyl adjacent to an activating group) is 2. The monoisotopic (exact) mass is 197 g/mol. The molecule has 0 unspecified atom stereocenters. The molecular formula is C8H15N5O. The van der Waals surface area contributed by atoms with Crippen molar-refractivity contribution in [3.8, 4) is 0 Å². The van der Waals surface area contributed by atoms with Crippen molar-refractivity contribution in [2.75, 3.05) is 34.2 Å². The predicted octanol–water partition coefficient (Wildman–Crippen LogP) is -0.562. The number of hydrogen-bond acceptors (Lipinski definition) is 4. The molecule has 6 heteroatoms. The summed E-state index contributed by atoms with van der Waals surface area (Å²) >= 11 is 0. The highest BCUT2D eigenvalue weighted by atomic mass is 16.2. The van der Waals surface area contributed by atoms with Gasteiger partial charge in [0.05, 0.1) is 6.20 Å². The van der Waals surface area contributed by atoms with Gasteiger partial charge in [0.25, 0.3) is 5.91 Å². The van der Waals surface area contributed by atoms with E-state index < -0.39 is 0 Å². The first-order chi connectivity index (χ1) is 6.61. The number of carbonyl (C=O) groups excluding carboxylic acids is 1. The molecule has 1 N–H and O–H groups in total. The molecule has 0 spiro atoms. The summed E-state index contributed by atoms with van der Waals surface area (Å²) in [4.78, 5) is 15.2. The van der Waals surface area contributed by atoms with Gasteiger partial charge in [0, 0.05) is 20.1 Å². The largest absolute Gasteiger partial charge is 0.339 e. The summed E-state index contributed by atoms with van der Waals surface area (Å²) in [5.41, 5.74) is 0.353. The van der Waals surface area contributed by atoms with E-state index in [0.717, 1.165) is 6.54 Å². The normalized spacial score (nSPS) is 10.6. The van der Waals surface area contributed by atoms with E-state index in [2.05, 4.69) is 15.4 Å². The van der Waals surface area contributed by atoms with Crippen LogP contribution in [0.25, 0.3) is 0 Å². The van der Waals surface area contributed by atoms with Crippen molar-refractivity contribution in [2.24, 2.45) is 0 Å². The summed E-state index contributed by atoms with van der Waals surface area (Å²) in [6.07, 6.45) is 1.43. The van der Waals surface area contributed by atoms with E-state index >= 15 is 0 Å². The van der Waals surface area contributed by atoms with Crippen molar-refractivity contribution in [3.05, 3.63) is 11.9 Å². The number of nitrogens with one attached hydrogen (secondary N) is 1. The molecular weight excluding hydrogens is 182 g/mol. The molecule has 1 rings (SSSR count). The Morgan fingerprint density at radius 1 is 1.43 bits per heavy atom. The molecule has 6 nitrogen and oxygen atoms in total. The molecule has 0 aromatic carbocycles. The third-order valence-electron chi connectivity index (χ3n) is 1.86. The summed E-state index contributed by atoms with van der Waals surface area (Å²) < 4.78 is 0. The summed E-state index contributed by atoms with van der Waals surface area (Å²) in [6, 6.07) is 0. The fourth-order valence-corrected chi connectivity index (χ4v) is 0.952. The highest BCUT2D eigenvalue weighted by molar-refractivity contribution is 5.91. The minimum Gasteiger partial charge on any atom is -0.339 e. The first-order valence-corrected chi connectivity index (χ1v) is 4.37. The van der Waals surface area contributed by atoms with E-state index in [4.69, 9.17) is 0 Å². The van der Waals surface area contributed by atoms with Crippen molar-refractivity contribution in [2.45, 2.75) is 0 Å². The van der Waals surface area contributed by atoms with Gasteiger partial charge in [-0.15, -0.1) is 0 Å². The number of amides is 1. The second-order valence-electron chi connectivity index (χ2n) is 3.39. The molecule has 0 atom stereocenters. The van der Waals surface area contributed by atoms with Gasteiger partial charge in [0.1, 0.15) is 0 Å². The van der Waals surface area contributed by atoms with Gasteiger partial charge in [-0.2, -0.15) is 15.4 Å². The van der Waals surface area contributed by atoms with Crippen LogP contribution in [0.4, 0.5) is 0 Å². The van der Waals surface area contributed by atoms with Gasteiger partial charge in [0.2, 0.25) is 0 Å². The van der Waals surface area contributed by atoms with Crippen LogP contribution in [0, 0.1) is 0 Å². The zero-order chi connectivity index (χ0) is 10.6. The van der Waals surface area contributed by atoms with Crippen LogP contribution in [0.5, 0.6) is 0 Å². The molecule has 1 amide bonds. The third kappa shape index (κ3) is 2.81. The molecule has 0 aliphatic heterocycles. The van der Waals surface area contributed by atoms with Crippen molar-refractivity contribution < 1.29 is 4.79 Å². The Balaban J connectivity index is 2.45. The topological polar surface area (TPSA) is 65.1 Å². The van der Waals surface area contributed by atoms with Gasteiger partial charge >= 0.3 is 0 Å². The number of aromatic amines is 1. The van der Waals surface area contributed by atoms with Crippen LogP contribution in [0.2, 0.25) is 0 Å². The van der Waals surface area contributed by atoms with E-state index in [-0.39, 0.29) is 5.91 Å². The number of aromatic nitrogens is 3. The van der Waals surface area contributed by atoms with Crippen LogP contribution in [0.1, 0.15) is 10.5 Å². The van der Waals surface area contributed by atoms with Gasteiger partial charge in [-0.1, -0.05) is 0 Å². The van der Waals surface area contributed by atoms with E-state index in [0.29, 0.717) is 12.2 Å². The highest BCUT2D eigenvalue weighted by Crippen LogP contribution is 1.96. The van der Waals surface area contributed by atoms with E-state index in [9.17, 15) is 4.79 Å². The van der Waals surface area contributed by atoms with Gasteiger partial charge in [-0.25, -0.2) is 0 Å². The van der Waals surface area contributed by atoms with Crippen LogP contribution in [-0.2, 0) is 0 Å². The molecule has 0 aliphatic carbocycles. The zero-order valence-corrected chi connectivity index (χ0v) is 8.69. The van der Waals surface area contributed by atoms with E-state index in [1.165, 1.54) is 6.20 Å². The molecule has 1 aromatic rings. The molecule has 0 bridgehead atoms. The molecule has 14 heavy (non-hydrogen) atoms. The lowest BCUT2D eigenvalue weighted by atomic mass is 10.4. The molecule has 0 aliphatic rings. The number of rotatable bonds is 4. The van der Waals surface area contributed by atoms with Crippen molar-refractivity contribution in [3.63, 3.8) is 0 Å². The average molecular weight is 197 g/mol. The number of hydrogen-bond donors (Lipinski definition) is 1. The number of H-pyrrole nitrogens is 1. The molecule has 0 radical (unpaired) electrons. The predicted molar refractivity (Wildman–Crippen MR) is 51.9 cm³/mol. The van der Waals surface area contributed by atoms with Gasteiger partial charge in [-0.05, 0) is 14.1 Å². The summed E-state index contributed by atoms with van der Waals surface area (Å²) in [6.45, 7) is 1.51. The van der Waals surface area contributed by atoms with Crippen molar-refractivity contribution >= 4 is 5.91 Å². The highest BCUT2D eigenvalue weighted by Gasteiger charge is 2.13. The van der Waals surface area contributed by atoms with Crippen LogP contribution < -0.4 is 0 Å². The van der Waals surface area contributed by atoms with Gasteiger partial charge in [0.15, 0.2) is 5.69 Å². The van der Waals surface area contributed by atoms with Gasteiger partial charge in [-0.3, -0.25) is 4.79 Å². The van der Waals surface area contributed by atoms with Gasteiger partial charge < -0.3 is 9.80 Å². The Bertz CT molecular complexity index is 282. The van der Waals surface area contributed by atoms with E-state index in [1.807, 2.05) is 19.0 Å². The average Bonchev–Trinajstić information content (AvgIpc) is 2.65. The van der Waals surface area contributed by atoms with Crippen LogP contribution >= 0.6 is 0 Å². The smallest absolute Gasteiger partial charge is 0.275 e. The third-order valence-corrected chi connectivity index (χ3v) is 1.86. The summed E-state index contributed by atoms with van der Waals surface area (Å²) in [5, 5.41) is 9.72. The molecule has 1 aromatic heterocycles. The van der Waals surface area contributed by atoms with Crippen LogP contribution in [0.15, 0.2) is 6.20 Å². The molecule has 0 saturated carbocycles. The maximum Gasteiger partial charge on any atom is 0.275 e. The fraction of sp³-hybridized carbons (Fsp3) is 0.625. The second-order valence-corrected chi connectivity index (χ2v) is 3.39. The first kappa shape index (κ1) is 10.6. The SMILES string of the molecule is CN(C)CCN(C)C(=O)c1cn[nH]n1. The summed E-state index contributed by atoms with van der Waals surface area (Å²) in [5.74, 6) is -0.111. The minimum absolute atomic E-state index is 0.111. The molecule has 78 valence electrons. The Kier molecular flexibility index (Phi) is 3.58. The quantitative estimate of drug-likeness (QED) is 0.702. The van der Waals surface area contributed by atoms with Crippen molar-refractivity contribution in [1.82, 2.24) is 25.2 Å². The maximum absolute atomic E-state index is 11.6. The fourth-order valence-electron chi connectivity index (χ4n) is 0.952. The summed E-state index contributed by atoms with van der Waals surface area (Å²) in [7, 11) is 5.68. The lowest BCUT2D eigenvalue weighted by Gasteiger charge is -2.18. The molecule has 0 fully saturated rings. The Hall–Kier alpha value is -1.43. The van der Waals surface area contributed by atoms with Crippen LogP contribution in [0.3, 0.4) is 0 Å². The van der Waals surface area contributed by atoms with Crippen LogP contribution in [-0.4, -0.2) is 65.4 Å². The molecule has 1 heterocycles.